The third-order valence-corrected chi connectivity index (χ3v) is 2.61. The second-order valence-corrected chi connectivity index (χ2v) is 5.40. The summed E-state index contributed by atoms with van der Waals surface area (Å²) >= 11 is 0. The van der Waals surface area contributed by atoms with E-state index >= 15 is 0 Å². The molecule has 1 rings (SSSR count). The van der Waals surface area contributed by atoms with Gasteiger partial charge in [-0.25, -0.2) is 8.42 Å². The molecule has 1 N–H and O–H groups in total. The quantitative estimate of drug-likeness (QED) is 0.456. The van der Waals surface area contributed by atoms with E-state index in [1.807, 2.05) is 0 Å². The molecule has 0 aliphatic heterocycles. The number of non-ortho nitro benzene ring substituents is 1. The minimum absolute atomic E-state index is 0.0211. The maximum Gasteiger partial charge on any atom is 0.271 e. The molecule has 0 atom stereocenters. The highest BCUT2D eigenvalue weighted by molar-refractivity contribution is 7.92. The summed E-state index contributed by atoms with van der Waals surface area (Å²) in [5.41, 5.74) is -0.210. The van der Waals surface area contributed by atoms with Crippen LogP contribution in [0.2, 0.25) is 0 Å². The van der Waals surface area contributed by atoms with Gasteiger partial charge in [-0.05, 0) is 6.07 Å². The van der Waals surface area contributed by atoms with Crippen molar-refractivity contribution in [2.24, 2.45) is 0 Å². The van der Waals surface area contributed by atoms with E-state index in [0.29, 0.717) is 6.61 Å². The van der Waals surface area contributed by atoms with E-state index in [1.165, 1.54) is 19.2 Å². The van der Waals surface area contributed by atoms with Crippen molar-refractivity contribution in [3.63, 3.8) is 0 Å². The molecular formula is C10H14N2O6S. The van der Waals surface area contributed by atoms with Crippen molar-refractivity contribution in [1.82, 2.24) is 0 Å². The van der Waals surface area contributed by atoms with Gasteiger partial charge in [0, 0.05) is 19.2 Å². The largest absolute Gasteiger partial charge is 0.489 e. The van der Waals surface area contributed by atoms with Crippen LogP contribution in [0, 0.1) is 10.1 Å². The fourth-order valence-corrected chi connectivity index (χ4v) is 1.83. The summed E-state index contributed by atoms with van der Waals surface area (Å²) in [5.74, 6) is 0.202. The van der Waals surface area contributed by atoms with Gasteiger partial charge in [-0.15, -0.1) is 0 Å². The molecule has 0 aliphatic rings. The van der Waals surface area contributed by atoms with Gasteiger partial charge in [-0.2, -0.15) is 0 Å². The average Bonchev–Trinajstić information content (AvgIpc) is 2.29. The molecule has 9 heteroatoms. The number of nitrogens with one attached hydrogen (secondary N) is 1. The van der Waals surface area contributed by atoms with Crippen LogP contribution in [0.5, 0.6) is 5.75 Å². The molecule has 0 heterocycles. The van der Waals surface area contributed by atoms with Crippen LogP contribution in [0.15, 0.2) is 18.2 Å². The second-order valence-electron chi connectivity index (χ2n) is 3.65. The van der Waals surface area contributed by atoms with Gasteiger partial charge in [0.1, 0.15) is 12.4 Å². The van der Waals surface area contributed by atoms with E-state index in [-0.39, 0.29) is 23.7 Å². The van der Waals surface area contributed by atoms with Crippen molar-refractivity contribution in [3.05, 3.63) is 28.3 Å². The van der Waals surface area contributed by atoms with Crippen molar-refractivity contribution < 1.29 is 22.8 Å². The molecule has 0 spiro atoms. The van der Waals surface area contributed by atoms with Gasteiger partial charge < -0.3 is 9.47 Å². The van der Waals surface area contributed by atoms with Crippen LogP contribution in [0.4, 0.5) is 11.4 Å². The Labute approximate surface area is 110 Å². The van der Waals surface area contributed by atoms with E-state index in [4.69, 9.17) is 9.47 Å². The lowest BCUT2D eigenvalue weighted by Crippen LogP contribution is -2.12. The number of nitrogens with zero attached hydrogens (tertiary/aromatic N) is 1. The zero-order valence-corrected chi connectivity index (χ0v) is 11.3. The zero-order valence-electron chi connectivity index (χ0n) is 10.5. The van der Waals surface area contributed by atoms with E-state index in [9.17, 15) is 18.5 Å². The lowest BCUT2D eigenvalue weighted by molar-refractivity contribution is -0.384. The molecule has 19 heavy (non-hydrogen) atoms. The number of nitro groups is 1. The fraction of sp³-hybridized carbons (Fsp3) is 0.400. The van der Waals surface area contributed by atoms with Crippen LogP contribution in [0.25, 0.3) is 0 Å². The average molecular weight is 290 g/mol. The smallest absolute Gasteiger partial charge is 0.271 e. The molecule has 0 aromatic heterocycles. The molecule has 8 nitrogen and oxygen atoms in total. The normalized spacial score (nSPS) is 11.1. The first kappa shape index (κ1) is 15.2. The molecule has 0 amide bonds. The molecule has 1 aromatic rings. The lowest BCUT2D eigenvalue weighted by Gasteiger charge is -2.11. The van der Waals surface area contributed by atoms with Crippen LogP contribution in [0.3, 0.4) is 0 Å². The SMILES string of the molecule is COCCOc1ccc([N+](=O)[O-])cc1NS(C)(=O)=O. The van der Waals surface area contributed by atoms with Crippen molar-refractivity contribution in [1.29, 1.82) is 0 Å². The molecule has 0 aliphatic carbocycles. The van der Waals surface area contributed by atoms with Gasteiger partial charge in [0.25, 0.3) is 5.69 Å². The minimum atomic E-state index is -3.56. The molecule has 0 fully saturated rings. The maximum atomic E-state index is 11.2. The standard InChI is InChI=1S/C10H14N2O6S/c1-17-5-6-18-10-4-3-8(12(13)14)7-9(10)11-19(2,15)16/h3-4,7,11H,5-6H2,1-2H3. The molecule has 0 saturated heterocycles. The molecule has 0 saturated carbocycles. The highest BCUT2D eigenvalue weighted by Gasteiger charge is 2.14. The Morgan fingerprint density at radius 2 is 2.05 bits per heavy atom. The van der Waals surface area contributed by atoms with E-state index in [1.54, 1.807) is 0 Å². The van der Waals surface area contributed by atoms with Gasteiger partial charge >= 0.3 is 0 Å². The van der Waals surface area contributed by atoms with Crippen molar-refractivity contribution >= 4 is 21.4 Å². The second kappa shape index (κ2) is 6.34. The third kappa shape index (κ3) is 5.10. The highest BCUT2D eigenvalue weighted by atomic mass is 32.2. The summed E-state index contributed by atoms with van der Waals surface area (Å²) in [5, 5.41) is 10.7. The van der Waals surface area contributed by atoms with Crippen molar-refractivity contribution in [2.45, 2.75) is 0 Å². The maximum absolute atomic E-state index is 11.2. The van der Waals surface area contributed by atoms with Crippen LogP contribution in [-0.2, 0) is 14.8 Å². The Hall–Kier alpha value is -1.87. The van der Waals surface area contributed by atoms with Gasteiger partial charge in [0.15, 0.2) is 0 Å². The number of hydrogen-bond donors (Lipinski definition) is 1. The Morgan fingerprint density at radius 3 is 2.58 bits per heavy atom. The summed E-state index contributed by atoms with van der Waals surface area (Å²) in [6.07, 6.45) is 0.949. The number of methoxy groups -OCH3 is 1. The van der Waals surface area contributed by atoms with Crippen molar-refractivity contribution in [2.75, 3.05) is 31.3 Å². The number of hydrogen-bond acceptors (Lipinski definition) is 6. The number of rotatable bonds is 7. The number of anilines is 1. The van der Waals surface area contributed by atoms with Gasteiger partial charge in [-0.1, -0.05) is 0 Å². The fourth-order valence-electron chi connectivity index (χ4n) is 1.27. The van der Waals surface area contributed by atoms with E-state index in [2.05, 4.69) is 4.72 Å². The van der Waals surface area contributed by atoms with Crippen molar-refractivity contribution in [3.8, 4) is 5.75 Å². The monoisotopic (exact) mass is 290 g/mol. The Morgan fingerprint density at radius 1 is 1.37 bits per heavy atom. The summed E-state index contributed by atoms with van der Waals surface area (Å²) < 4.78 is 34.7. The van der Waals surface area contributed by atoms with Gasteiger partial charge in [0.2, 0.25) is 10.0 Å². The number of ether oxygens (including phenoxy) is 2. The lowest BCUT2D eigenvalue weighted by atomic mass is 10.2. The van der Waals surface area contributed by atoms with Crippen LogP contribution >= 0.6 is 0 Å². The van der Waals surface area contributed by atoms with E-state index in [0.717, 1.165) is 12.3 Å². The number of nitro benzene ring substituents is 1. The Kier molecular flexibility index (Phi) is 5.07. The molecule has 1 aromatic carbocycles. The van der Waals surface area contributed by atoms with Crippen LogP contribution in [0.1, 0.15) is 0 Å². The van der Waals surface area contributed by atoms with Gasteiger partial charge in [-0.3, -0.25) is 14.8 Å². The minimum Gasteiger partial charge on any atom is -0.489 e. The predicted molar refractivity (Wildman–Crippen MR) is 68.9 cm³/mol. The first-order valence-corrected chi connectivity index (χ1v) is 7.10. The molecule has 0 bridgehead atoms. The Balaban J connectivity index is 3.04. The number of benzene rings is 1. The highest BCUT2D eigenvalue weighted by Crippen LogP contribution is 2.29. The summed E-state index contributed by atoms with van der Waals surface area (Å²) in [4.78, 5) is 10.0. The molecule has 0 radical (unpaired) electrons. The first-order chi connectivity index (χ1) is 8.83. The summed E-state index contributed by atoms with van der Waals surface area (Å²) in [7, 11) is -2.06. The van der Waals surface area contributed by atoms with Gasteiger partial charge in [0.05, 0.1) is 23.5 Å². The topological polar surface area (TPSA) is 108 Å². The molecule has 0 unspecified atom stereocenters. The zero-order chi connectivity index (χ0) is 14.5. The van der Waals surface area contributed by atoms with Crippen LogP contribution in [-0.4, -0.2) is 39.9 Å². The molecule has 106 valence electrons. The molecular weight excluding hydrogens is 276 g/mol. The number of sulfonamides is 1. The van der Waals surface area contributed by atoms with Crippen LogP contribution < -0.4 is 9.46 Å². The Bertz CT molecular complexity index is 557. The summed E-state index contributed by atoms with van der Waals surface area (Å²) in [6, 6.07) is 3.67. The summed E-state index contributed by atoms with van der Waals surface area (Å²) in [6.45, 7) is 0.516. The first-order valence-electron chi connectivity index (χ1n) is 5.21. The third-order valence-electron chi connectivity index (χ3n) is 2.01. The predicted octanol–water partition coefficient (Wildman–Crippen LogP) is 0.992. The van der Waals surface area contributed by atoms with E-state index < -0.39 is 14.9 Å².